The molecule has 2 aromatic rings. The second-order valence-corrected chi connectivity index (χ2v) is 8.75. The molecule has 1 fully saturated rings. The molecule has 7 nitrogen and oxygen atoms in total. The van der Waals surface area contributed by atoms with Crippen LogP contribution < -0.4 is 20.3 Å². The lowest BCUT2D eigenvalue weighted by molar-refractivity contribution is -0.123. The van der Waals surface area contributed by atoms with E-state index in [1.165, 1.54) is 17.4 Å². The van der Waals surface area contributed by atoms with Gasteiger partial charge in [-0.15, -0.1) is 0 Å². The van der Waals surface area contributed by atoms with E-state index >= 15 is 0 Å². The van der Waals surface area contributed by atoms with Gasteiger partial charge in [0, 0.05) is 37.1 Å². The van der Waals surface area contributed by atoms with Crippen molar-refractivity contribution in [1.29, 1.82) is 0 Å². The zero-order chi connectivity index (χ0) is 21.1. The molecule has 0 saturated heterocycles. The number of aromatic nitrogens is 2. The van der Waals surface area contributed by atoms with Crippen LogP contribution in [0, 0.1) is 0 Å². The van der Waals surface area contributed by atoms with E-state index in [-0.39, 0.29) is 23.7 Å². The number of fused-ring (bicyclic) bond motifs is 1. The summed E-state index contributed by atoms with van der Waals surface area (Å²) in [7, 11) is 0. The van der Waals surface area contributed by atoms with E-state index in [0.717, 1.165) is 36.3 Å². The molecular formula is C23H29N3O4. The molecule has 0 bridgehead atoms. The van der Waals surface area contributed by atoms with E-state index in [0.29, 0.717) is 24.8 Å². The highest BCUT2D eigenvalue weighted by Gasteiger charge is 2.32. The fourth-order valence-electron chi connectivity index (χ4n) is 4.26. The van der Waals surface area contributed by atoms with Crippen LogP contribution in [0.15, 0.2) is 35.4 Å². The second-order valence-electron chi connectivity index (χ2n) is 8.75. The molecule has 1 saturated carbocycles. The van der Waals surface area contributed by atoms with Gasteiger partial charge in [0.1, 0.15) is 5.60 Å². The number of carbonyl (C=O) groups excluding carboxylic acids is 1. The van der Waals surface area contributed by atoms with E-state index in [1.54, 1.807) is 12.4 Å². The van der Waals surface area contributed by atoms with E-state index in [9.17, 15) is 9.59 Å². The summed E-state index contributed by atoms with van der Waals surface area (Å²) in [5.41, 5.74) is 1.65. The van der Waals surface area contributed by atoms with Crippen LogP contribution in [0.3, 0.4) is 0 Å². The maximum atomic E-state index is 12.3. The third-order valence-corrected chi connectivity index (χ3v) is 5.76. The number of nitrogens with one attached hydrogen (secondary N) is 1. The predicted molar refractivity (Wildman–Crippen MR) is 113 cm³/mol. The molecular weight excluding hydrogens is 382 g/mol. The quantitative estimate of drug-likeness (QED) is 0.758. The third-order valence-electron chi connectivity index (χ3n) is 5.76. The number of nitrogens with zero attached hydrogens (tertiary/aromatic N) is 2. The molecule has 1 amide bonds. The normalized spacial score (nSPS) is 17.4. The molecule has 0 unspecified atom stereocenters. The number of ether oxygens (including phenoxy) is 2. The minimum atomic E-state index is -0.265. The highest BCUT2D eigenvalue weighted by molar-refractivity contribution is 5.77. The summed E-state index contributed by atoms with van der Waals surface area (Å²) < 4.78 is 13.2. The van der Waals surface area contributed by atoms with Crippen molar-refractivity contribution in [3.63, 3.8) is 0 Å². The van der Waals surface area contributed by atoms with Gasteiger partial charge in [0.25, 0.3) is 11.5 Å². The Bertz CT molecular complexity index is 977. The second kappa shape index (κ2) is 8.50. The summed E-state index contributed by atoms with van der Waals surface area (Å²) in [4.78, 5) is 28.9. The van der Waals surface area contributed by atoms with Gasteiger partial charge in [0.15, 0.2) is 18.1 Å². The summed E-state index contributed by atoms with van der Waals surface area (Å²) >= 11 is 0. The van der Waals surface area contributed by atoms with Crippen LogP contribution in [0.4, 0.5) is 0 Å². The lowest BCUT2D eigenvalue weighted by atomic mass is 10.0. The van der Waals surface area contributed by atoms with E-state index in [2.05, 4.69) is 10.3 Å². The summed E-state index contributed by atoms with van der Waals surface area (Å²) in [6.45, 7) is 4.67. The van der Waals surface area contributed by atoms with Gasteiger partial charge < -0.3 is 14.8 Å². The summed E-state index contributed by atoms with van der Waals surface area (Å²) in [6, 6.07) is 7.37. The lowest BCUT2D eigenvalue weighted by Gasteiger charge is -2.18. The average molecular weight is 412 g/mol. The molecule has 30 heavy (non-hydrogen) atoms. The van der Waals surface area contributed by atoms with Crippen molar-refractivity contribution in [2.45, 2.75) is 64.0 Å². The fourth-order valence-corrected chi connectivity index (χ4v) is 4.26. The Balaban J connectivity index is 1.25. The molecule has 0 atom stereocenters. The first-order chi connectivity index (χ1) is 14.4. The smallest absolute Gasteiger partial charge is 0.258 e. The minimum absolute atomic E-state index is 0.0722. The molecule has 2 heterocycles. The Hall–Kier alpha value is -2.83. The number of carbonyl (C=O) groups is 1. The molecule has 160 valence electrons. The van der Waals surface area contributed by atoms with Gasteiger partial charge in [-0.25, -0.2) is 4.98 Å². The highest BCUT2D eigenvalue weighted by atomic mass is 16.5. The predicted octanol–water partition coefficient (Wildman–Crippen LogP) is 2.81. The number of amides is 1. The summed E-state index contributed by atoms with van der Waals surface area (Å²) in [6.07, 6.45) is 7.04. The average Bonchev–Trinajstić information content (AvgIpc) is 3.34. The van der Waals surface area contributed by atoms with E-state index in [1.807, 2.05) is 32.0 Å². The molecule has 2 aliphatic rings. The molecule has 1 aliphatic heterocycles. The fraction of sp³-hybridized carbons (Fsp3) is 0.522. The zero-order valence-electron chi connectivity index (χ0n) is 17.6. The number of hydrogen-bond acceptors (Lipinski definition) is 5. The van der Waals surface area contributed by atoms with Crippen molar-refractivity contribution in [3.8, 4) is 11.5 Å². The third kappa shape index (κ3) is 4.66. The standard InChI is InChI=1S/C23H29N3O4/c1-23(2)13-17-8-5-9-19(22(17)30-23)29-14-20(27)24-10-11-26-15-25-18(12-21(26)28)16-6-3-4-7-16/h5,8-9,12,15-16H,3-4,6-7,10-11,13-14H2,1-2H3,(H,24,27). The van der Waals surface area contributed by atoms with Crippen molar-refractivity contribution >= 4 is 5.91 Å². The van der Waals surface area contributed by atoms with Crippen molar-refractivity contribution in [2.24, 2.45) is 0 Å². The number of para-hydroxylation sites is 1. The Morgan fingerprint density at radius 1 is 1.33 bits per heavy atom. The van der Waals surface area contributed by atoms with E-state index < -0.39 is 0 Å². The molecule has 1 N–H and O–H groups in total. The lowest BCUT2D eigenvalue weighted by Crippen LogP contribution is -2.34. The van der Waals surface area contributed by atoms with Crippen LogP contribution in [-0.2, 0) is 17.8 Å². The van der Waals surface area contributed by atoms with Crippen molar-refractivity contribution in [1.82, 2.24) is 14.9 Å². The van der Waals surface area contributed by atoms with Gasteiger partial charge in [-0.05, 0) is 32.8 Å². The van der Waals surface area contributed by atoms with Crippen LogP contribution in [0.5, 0.6) is 11.5 Å². The first-order valence-electron chi connectivity index (χ1n) is 10.7. The molecule has 0 spiro atoms. The van der Waals surface area contributed by atoms with Crippen molar-refractivity contribution in [2.75, 3.05) is 13.2 Å². The van der Waals surface area contributed by atoms with Crippen molar-refractivity contribution < 1.29 is 14.3 Å². The van der Waals surface area contributed by atoms with Crippen LogP contribution in [0.25, 0.3) is 0 Å². The van der Waals surface area contributed by atoms with Crippen LogP contribution in [0.1, 0.15) is 56.7 Å². The maximum absolute atomic E-state index is 12.3. The largest absolute Gasteiger partial charge is 0.483 e. The molecule has 1 aromatic heterocycles. The Morgan fingerprint density at radius 3 is 2.90 bits per heavy atom. The number of rotatable bonds is 7. The number of benzene rings is 1. The first-order valence-corrected chi connectivity index (χ1v) is 10.7. The van der Waals surface area contributed by atoms with Gasteiger partial charge in [0.05, 0.1) is 12.0 Å². The van der Waals surface area contributed by atoms with Gasteiger partial charge in [-0.1, -0.05) is 25.0 Å². The summed E-state index contributed by atoms with van der Waals surface area (Å²) in [5, 5.41) is 2.79. The van der Waals surface area contributed by atoms with Crippen LogP contribution in [-0.4, -0.2) is 34.2 Å². The zero-order valence-corrected chi connectivity index (χ0v) is 17.6. The molecule has 4 rings (SSSR count). The van der Waals surface area contributed by atoms with Gasteiger partial charge in [-0.3, -0.25) is 14.2 Å². The van der Waals surface area contributed by atoms with E-state index in [4.69, 9.17) is 9.47 Å². The molecule has 7 heteroatoms. The van der Waals surface area contributed by atoms with Crippen LogP contribution >= 0.6 is 0 Å². The monoisotopic (exact) mass is 411 g/mol. The topological polar surface area (TPSA) is 82.5 Å². The Kier molecular flexibility index (Phi) is 5.79. The first kappa shape index (κ1) is 20.4. The summed E-state index contributed by atoms with van der Waals surface area (Å²) in [5.74, 6) is 1.47. The molecule has 1 aromatic carbocycles. The van der Waals surface area contributed by atoms with Crippen molar-refractivity contribution in [3.05, 3.63) is 52.2 Å². The SMILES string of the molecule is CC1(C)Cc2cccc(OCC(=O)NCCn3cnc(C4CCCC4)cc3=O)c2O1. The minimum Gasteiger partial charge on any atom is -0.483 e. The molecule has 1 aliphatic carbocycles. The maximum Gasteiger partial charge on any atom is 0.258 e. The van der Waals surface area contributed by atoms with Gasteiger partial charge in [-0.2, -0.15) is 0 Å². The highest BCUT2D eigenvalue weighted by Crippen LogP contribution is 2.41. The van der Waals surface area contributed by atoms with Gasteiger partial charge in [0.2, 0.25) is 0 Å². The van der Waals surface area contributed by atoms with Crippen LogP contribution in [0.2, 0.25) is 0 Å². The molecule has 0 radical (unpaired) electrons. The van der Waals surface area contributed by atoms with Gasteiger partial charge >= 0.3 is 0 Å². The Labute approximate surface area is 176 Å². The Morgan fingerprint density at radius 2 is 2.13 bits per heavy atom. The number of hydrogen-bond donors (Lipinski definition) is 1.